The van der Waals surface area contributed by atoms with E-state index in [1.807, 2.05) is 19.0 Å². The highest BCUT2D eigenvalue weighted by Crippen LogP contribution is 2.30. The van der Waals surface area contributed by atoms with Gasteiger partial charge in [-0.3, -0.25) is 4.79 Å². The molecule has 0 aliphatic carbocycles. The second kappa shape index (κ2) is 5.44. The summed E-state index contributed by atoms with van der Waals surface area (Å²) in [6, 6.07) is 3.00. The van der Waals surface area contributed by atoms with Crippen LogP contribution < -0.4 is 0 Å². The van der Waals surface area contributed by atoms with Gasteiger partial charge in [-0.2, -0.15) is 0 Å². The Kier molecular flexibility index (Phi) is 4.40. The lowest BCUT2D eigenvalue weighted by Crippen LogP contribution is -2.36. The summed E-state index contributed by atoms with van der Waals surface area (Å²) in [4.78, 5) is 13.2. The minimum Gasteiger partial charge on any atom is -0.481 e. The number of hydrogen-bond acceptors (Lipinski definition) is 2. The summed E-state index contributed by atoms with van der Waals surface area (Å²) in [5, 5.41) is 9.31. The van der Waals surface area contributed by atoms with Crippen LogP contribution in [0, 0.1) is 11.6 Å². The third-order valence-corrected chi connectivity index (χ3v) is 3.06. The molecule has 100 valence electrons. The van der Waals surface area contributed by atoms with Crippen LogP contribution in [-0.4, -0.2) is 36.6 Å². The van der Waals surface area contributed by atoms with Gasteiger partial charge in [-0.25, -0.2) is 8.78 Å². The van der Waals surface area contributed by atoms with Crippen LogP contribution in [0.3, 0.4) is 0 Å². The standard InChI is InChI=1S/C13H17F2NO2/c1-13(12(17)18,6-7-16(2)3)10-5-4-9(14)8-11(10)15/h4-5,8H,6-7H2,1-3H3,(H,17,18). The predicted octanol–water partition coefficient (Wildman–Crippen LogP) is 2.26. The molecule has 18 heavy (non-hydrogen) atoms. The number of hydrogen-bond donors (Lipinski definition) is 1. The second-order valence-corrected chi connectivity index (χ2v) is 4.81. The van der Waals surface area contributed by atoms with Gasteiger partial charge in [-0.1, -0.05) is 6.07 Å². The smallest absolute Gasteiger partial charge is 0.313 e. The number of aliphatic carboxylic acids is 1. The van der Waals surface area contributed by atoms with E-state index in [1.54, 1.807) is 0 Å². The van der Waals surface area contributed by atoms with E-state index in [1.165, 1.54) is 13.0 Å². The van der Waals surface area contributed by atoms with Crippen molar-refractivity contribution in [2.75, 3.05) is 20.6 Å². The number of halogens is 2. The lowest BCUT2D eigenvalue weighted by Gasteiger charge is -2.27. The van der Waals surface area contributed by atoms with Crippen LogP contribution in [-0.2, 0) is 10.2 Å². The van der Waals surface area contributed by atoms with Crippen molar-refractivity contribution in [3.63, 3.8) is 0 Å². The molecule has 5 heteroatoms. The molecular weight excluding hydrogens is 240 g/mol. The van der Waals surface area contributed by atoms with E-state index < -0.39 is 23.0 Å². The van der Waals surface area contributed by atoms with Crippen LogP contribution in [0.25, 0.3) is 0 Å². The quantitative estimate of drug-likeness (QED) is 0.879. The highest BCUT2D eigenvalue weighted by atomic mass is 19.1. The molecule has 0 fully saturated rings. The third-order valence-electron chi connectivity index (χ3n) is 3.06. The first kappa shape index (κ1) is 14.6. The summed E-state index contributed by atoms with van der Waals surface area (Å²) >= 11 is 0. The zero-order valence-corrected chi connectivity index (χ0v) is 10.7. The summed E-state index contributed by atoms with van der Waals surface area (Å²) in [6.07, 6.45) is 0.248. The normalized spacial score (nSPS) is 14.6. The number of nitrogens with zero attached hydrogens (tertiary/aromatic N) is 1. The maximum atomic E-state index is 13.7. The Hall–Kier alpha value is -1.49. The molecule has 0 aromatic heterocycles. The molecule has 1 aromatic carbocycles. The van der Waals surface area contributed by atoms with Crippen LogP contribution in [0.4, 0.5) is 8.78 Å². The van der Waals surface area contributed by atoms with Crippen molar-refractivity contribution >= 4 is 5.97 Å². The van der Waals surface area contributed by atoms with Gasteiger partial charge in [0.05, 0.1) is 5.41 Å². The van der Waals surface area contributed by atoms with E-state index in [9.17, 15) is 18.7 Å². The fourth-order valence-electron chi connectivity index (χ4n) is 1.74. The summed E-state index contributed by atoms with van der Waals surface area (Å²) < 4.78 is 26.6. The van der Waals surface area contributed by atoms with Crippen molar-refractivity contribution in [2.45, 2.75) is 18.8 Å². The molecular formula is C13H17F2NO2. The number of carboxylic acid groups (broad SMARTS) is 1. The van der Waals surface area contributed by atoms with E-state index in [4.69, 9.17) is 0 Å². The van der Waals surface area contributed by atoms with Crippen LogP contribution in [0.5, 0.6) is 0 Å². The maximum Gasteiger partial charge on any atom is 0.313 e. The molecule has 1 atom stereocenters. The van der Waals surface area contributed by atoms with Crippen molar-refractivity contribution in [1.82, 2.24) is 4.90 Å². The van der Waals surface area contributed by atoms with Gasteiger partial charge in [0.15, 0.2) is 0 Å². The van der Waals surface area contributed by atoms with Crippen molar-refractivity contribution in [1.29, 1.82) is 0 Å². The van der Waals surface area contributed by atoms with Gasteiger partial charge in [0.2, 0.25) is 0 Å². The second-order valence-electron chi connectivity index (χ2n) is 4.81. The number of rotatable bonds is 5. The van der Waals surface area contributed by atoms with Gasteiger partial charge in [-0.15, -0.1) is 0 Å². The maximum absolute atomic E-state index is 13.7. The minimum atomic E-state index is -1.36. The van der Waals surface area contributed by atoms with Gasteiger partial charge < -0.3 is 10.0 Å². The molecule has 0 spiro atoms. The molecule has 3 nitrogen and oxygen atoms in total. The molecule has 0 aliphatic heterocycles. The van der Waals surface area contributed by atoms with E-state index >= 15 is 0 Å². The zero-order chi connectivity index (χ0) is 13.9. The zero-order valence-electron chi connectivity index (χ0n) is 10.7. The Bertz CT molecular complexity index is 449. The first-order valence-corrected chi connectivity index (χ1v) is 5.61. The third kappa shape index (κ3) is 3.04. The van der Waals surface area contributed by atoms with E-state index in [0.29, 0.717) is 12.6 Å². The van der Waals surface area contributed by atoms with E-state index in [0.717, 1.165) is 6.07 Å². The number of carbonyl (C=O) groups is 1. The topological polar surface area (TPSA) is 40.5 Å². The van der Waals surface area contributed by atoms with Crippen LogP contribution in [0.15, 0.2) is 18.2 Å². The summed E-state index contributed by atoms with van der Waals surface area (Å²) in [7, 11) is 3.62. The minimum absolute atomic E-state index is 0.0123. The van der Waals surface area contributed by atoms with Crippen LogP contribution in [0.2, 0.25) is 0 Å². The first-order chi connectivity index (χ1) is 8.27. The molecule has 0 heterocycles. The van der Waals surface area contributed by atoms with Gasteiger partial charge in [0.1, 0.15) is 11.6 Å². The van der Waals surface area contributed by atoms with E-state index in [-0.39, 0.29) is 12.0 Å². The lowest BCUT2D eigenvalue weighted by molar-refractivity contribution is -0.143. The Balaban J connectivity index is 3.14. The fraction of sp³-hybridized carbons (Fsp3) is 0.462. The summed E-state index contributed by atoms with van der Waals surface area (Å²) in [6.45, 7) is 1.95. The molecule has 0 saturated heterocycles. The average molecular weight is 257 g/mol. The monoisotopic (exact) mass is 257 g/mol. The molecule has 0 saturated carbocycles. The van der Waals surface area contributed by atoms with Gasteiger partial charge >= 0.3 is 5.97 Å². The Morgan fingerprint density at radius 3 is 2.44 bits per heavy atom. The number of carboxylic acids is 1. The van der Waals surface area contributed by atoms with Crippen molar-refractivity contribution < 1.29 is 18.7 Å². The highest BCUT2D eigenvalue weighted by Gasteiger charge is 2.37. The largest absolute Gasteiger partial charge is 0.481 e. The summed E-state index contributed by atoms with van der Waals surface area (Å²) in [5.41, 5.74) is -1.35. The summed E-state index contributed by atoms with van der Waals surface area (Å²) in [5.74, 6) is -2.65. The highest BCUT2D eigenvalue weighted by molar-refractivity contribution is 5.80. The van der Waals surface area contributed by atoms with Crippen molar-refractivity contribution in [2.24, 2.45) is 0 Å². The van der Waals surface area contributed by atoms with Crippen molar-refractivity contribution in [3.05, 3.63) is 35.4 Å². The molecule has 1 unspecified atom stereocenters. The van der Waals surface area contributed by atoms with E-state index in [2.05, 4.69) is 0 Å². The molecule has 0 radical (unpaired) electrons. The molecule has 1 N–H and O–H groups in total. The molecule has 0 bridgehead atoms. The Morgan fingerprint density at radius 2 is 2.00 bits per heavy atom. The SMILES string of the molecule is CN(C)CCC(C)(C(=O)O)c1ccc(F)cc1F. The number of benzene rings is 1. The molecule has 0 aliphatic rings. The molecule has 1 rings (SSSR count). The first-order valence-electron chi connectivity index (χ1n) is 5.61. The lowest BCUT2D eigenvalue weighted by atomic mass is 9.79. The molecule has 1 aromatic rings. The van der Waals surface area contributed by atoms with Crippen LogP contribution >= 0.6 is 0 Å². The predicted molar refractivity (Wildman–Crippen MR) is 64.5 cm³/mol. The van der Waals surface area contributed by atoms with Gasteiger partial charge in [0, 0.05) is 11.6 Å². The Morgan fingerprint density at radius 1 is 1.39 bits per heavy atom. The fourth-order valence-corrected chi connectivity index (χ4v) is 1.74. The van der Waals surface area contributed by atoms with Gasteiger partial charge in [0.25, 0.3) is 0 Å². The van der Waals surface area contributed by atoms with Crippen molar-refractivity contribution in [3.8, 4) is 0 Å². The Labute approximate surface area is 105 Å². The average Bonchev–Trinajstić information content (AvgIpc) is 2.25. The van der Waals surface area contributed by atoms with Gasteiger partial charge in [-0.05, 0) is 40.1 Å². The van der Waals surface area contributed by atoms with Crippen LogP contribution in [0.1, 0.15) is 18.9 Å². The molecule has 0 amide bonds.